The van der Waals surface area contributed by atoms with E-state index < -0.39 is 0 Å². The number of rotatable bonds is 5. The predicted molar refractivity (Wildman–Crippen MR) is 88.0 cm³/mol. The highest BCUT2D eigenvalue weighted by atomic mass is 79.9. The lowest BCUT2D eigenvalue weighted by Gasteiger charge is -2.10. The van der Waals surface area contributed by atoms with Crippen molar-refractivity contribution in [3.8, 4) is 0 Å². The van der Waals surface area contributed by atoms with E-state index in [1.165, 1.54) is 4.68 Å². The number of benzene rings is 1. The Morgan fingerprint density at radius 3 is 2.67 bits per heavy atom. The van der Waals surface area contributed by atoms with Gasteiger partial charge in [0.15, 0.2) is 0 Å². The number of carbonyl (C=O) groups is 1. The summed E-state index contributed by atoms with van der Waals surface area (Å²) in [7, 11) is 0. The molecule has 0 atom stereocenters. The van der Waals surface area contributed by atoms with Gasteiger partial charge in [0.1, 0.15) is 6.54 Å². The minimum absolute atomic E-state index is 0.102. The summed E-state index contributed by atoms with van der Waals surface area (Å²) in [4.78, 5) is 12.1. The van der Waals surface area contributed by atoms with Crippen LogP contribution in [0, 0.1) is 6.92 Å². The SMILES string of the molecule is Cc1cc(Br)c(NC(=O)Cn2cc(CCN)nn2)c(Br)c1. The molecule has 0 aliphatic carbocycles. The molecule has 2 rings (SSSR count). The first-order valence-electron chi connectivity index (χ1n) is 6.34. The van der Waals surface area contributed by atoms with Gasteiger partial charge in [-0.15, -0.1) is 5.10 Å². The molecule has 0 aliphatic rings. The van der Waals surface area contributed by atoms with Gasteiger partial charge >= 0.3 is 0 Å². The summed E-state index contributed by atoms with van der Waals surface area (Å²) in [6, 6.07) is 3.88. The molecule has 0 radical (unpaired) electrons. The number of anilines is 1. The molecule has 0 fully saturated rings. The summed E-state index contributed by atoms with van der Waals surface area (Å²) in [6.07, 6.45) is 2.38. The minimum atomic E-state index is -0.176. The summed E-state index contributed by atoms with van der Waals surface area (Å²) < 4.78 is 3.14. The zero-order valence-corrected chi connectivity index (χ0v) is 14.6. The number of nitrogens with zero attached hydrogens (tertiary/aromatic N) is 3. The fraction of sp³-hybridized carbons (Fsp3) is 0.308. The van der Waals surface area contributed by atoms with Crippen LogP contribution in [-0.4, -0.2) is 27.4 Å². The fourth-order valence-electron chi connectivity index (χ4n) is 1.82. The number of carbonyl (C=O) groups excluding carboxylic acids is 1. The van der Waals surface area contributed by atoms with Gasteiger partial charge in [-0.1, -0.05) is 5.21 Å². The smallest absolute Gasteiger partial charge is 0.246 e. The third-order valence-electron chi connectivity index (χ3n) is 2.74. The Morgan fingerprint density at radius 2 is 2.05 bits per heavy atom. The summed E-state index contributed by atoms with van der Waals surface area (Å²) in [5.41, 5.74) is 8.03. The van der Waals surface area contributed by atoms with E-state index >= 15 is 0 Å². The summed E-state index contributed by atoms with van der Waals surface area (Å²) in [5.74, 6) is -0.176. The standard InChI is InChI=1S/C13H15Br2N5O/c1-8-4-10(14)13(11(15)5-8)17-12(21)7-20-6-9(2-3-16)18-19-20/h4-6H,2-3,7,16H2,1H3,(H,17,21). The van der Waals surface area contributed by atoms with Crippen molar-refractivity contribution in [3.05, 3.63) is 38.5 Å². The quantitative estimate of drug-likeness (QED) is 0.782. The van der Waals surface area contributed by atoms with Crippen molar-refractivity contribution < 1.29 is 4.79 Å². The second kappa shape index (κ2) is 7.15. The van der Waals surface area contributed by atoms with Gasteiger partial charge in [0.05, 0.1) is 11.4 Å². The summed E-state index contributed by atoms with van der Waals surface area (Å²) in [5, 5.41) is 10.7. The van der Waals surface area contributed by atoms with Crippen LogP contribution in [0.15, 0.2) is 27.3 Å². The van der Waals surface area contributed by atoms with Gasteiger partial charge in [-0.25, -0.2) is 4.68 Å². The van der Waals surface area contributed by atoms with Crippen molar-refractivity contribution in [2.75, 3.05) is 11.9 Å². The molecule has 3 N–H and O–H groups in total. The first-order valence-corrected chi connectivity index (χ1v) is 7.92. The van der Waals surface area contributed by atoms with Gasteiger partial charge in [0.25, 0.3) is 0 Å². The highest BCUT2D eigenvalue weighted by Crippen LogP contribution is 2.32. The molecule has 0 saturated carbocycles. The van der Waals surface area contributed by atoms with Gasteiger partial charge in [0, 0.05) is 21.6 Å². The number of hydrogen-bond acceptors (Lipinski definition) is 4. The number of aryl methyl sites for hydroxylation is 1. The van der Waals surface area contributed by atoms with Crippen LogP contribution >= 0.6 is 31.9 Å². The molecular formula is C13H15Br2N5O. The third-order valence-corrected chi connectivity index (χ3v) is 3.99. The molecule has 0 saturated heterocycles. The normalized spacial score (nSPS) is 10.7. The number of halogens is 2. The van der Waals surface area contributed by atoms with Crippen molar-refractivity contribution >= 4 is 43.5 Å². The van der Waals surface area contributed by atoms with Crippen LogP contribution in [0.2, 0.25) is 0 Å². The van der Waals surface area contributed by atoms with E-state index in [1.54, 1.807) is 6.20 Å². The number of hydrogen-bond donors (Lipinski definition) is 2. The molecule has 0 unspecified atom stereocenters. The number of nitrogens with one attached hydrogen (secondary N) is 1. The maximum absolute atomic E-state index is 12.1. The van der Waals surface area contributed by atoms with E-state index in [9.17, 15) is 4.79 Å². The van der Waals surface area contributed by atoms with Crippen LogP contribution in [0.4, 0.5) is 5.69 Å². The monoisotopic (exact) mass is 415 g/mol. The zero-order valence-electron chi connectivity index (χ0n) is 11.4. The van der Waals surface area contributed by atoms with Crippen LogP contribution in [0.3, 0.4) is 0 Å². The van der Waals surface area contributed by atoms with E-state index in [1.807, 2.05) is 19.1 Å². The largest absolute Gasteiger partial charge is 0.330 e. The molecule has 0 spiro atoms. The van der Waals surface area contributed by atoms with Crippen molar-refractivity contribution in [1.29, 1.82) is 0 Å². The van der Waals surface area contributed by atoms with Crippen LogP contribution < -0.4 is 11.1 Å². The number of nitrogens with two attached hydrogens (primary N) is 1. The van der Waals surface area contributed by atoms with Crippen molar-refractivity contribution in [2.24, 2.45) is 5.73 Å². The average molecular weight is 417 g/mol. The molecule has 0 aliphatic heterocycles. The molecule has 21 heavy (non-hydrogen) atoms. The fourth-order valence-corrected chi connectivity index (χ4v) is 3.44. The van der Waals surface area contributed by atoms with Gasteiger partial charge in [-0.3, -0.25) is 4.79 Å². The summed E-state index contributed by atoms with van der Waals surface area (Å²) in [6.45, 7) is 2.59. The molecule has 1 aromatic heterocycles. The molecule has 2 aromatic rings. The van der Waals surface area contributed by atoms with Crippen LogP contribution in [0.5, 0.6) is 0 Å². The van der Waals surface area contributed by atoms with E-state index in [2.05, 4.69) is 47.5 Å². The zero-order chi connectivity index (χ0) is 15.4. The van der Waals surface area contributed by atoms with Crippen LogP contribution in [-0.2, 0) is 17.8 Å². The van der Waals surface area contributed by atoms with E-state index in [0.717, 1.165) is 20.2 Å². The Hall–Kier alpha value is -1.25. The topological polar surface area (TPSA) is 85.8 Å². The maximum atomic E-state index is 12.1. The Morgan fingerprint density at radius 1 is 1.38 bits per heavy atom. The molecular weight excluding hydrogens is 402 g/mol. The molecule has 6 nitrogen and oxygen atoms in total. The number of aromatic nitrogens is 3. The van der Waals surface area contributed by atoms with Gasteiger partial charge in [-0.2, -0.15) is 0 Å². The molecule has 1 heterocycles. The Kier molecular flexibility index (Phi) is 5.49. The second-order valence-electron chi connectivity index (χ2n) is 4.60. The highest BCUT2D eigenvalue weighted by molar-refractivity contribution is 9.11. The van der Waals surface area contributed by atoms with Gasteiger partial charge < -0.3 is 11.1 Å². The van der Waals surface area contributed by atoms with Crippen molar-refractivity contribution in [1.82, 2.24) is 15.0 Å². The first-order chi connectivity index (χ1) is 9.99. The van der Waals surface area contributed by atoms with Gasteiger partial charge in [-0.05, 0) is 63.0 Å². The van der Waals surface area contributed by atoms with E-state index in [-0.39, 0.29) is 12.5 Å². The van der Waals surface area contributed by atoms with Crippen molar-refractivity contribution in [2.45, 2.75) is 19.9 Å². The van der Waals surface area contributed by atoms with Gasteiger partial charge in [0.2, 0.25) is 5.91 Å². The predicted octanol–water partition coefficient (Wildman–Crippen LogP) is 2.25. The van der Waals surface area contributed by atoms with Crippen LogP contribution in [0.1, 0.15) is 11.3 Å². The van der Waals surface area contributed by atoms with Crippen LogP contribution in [0.25, 0.3) is 0 Å². The maximum Gasteiger partial charge on any atom is 0.246 e. The second-order valence-corrected chi connectivity index (χ2v) is 6.31. The Labute approximate surface area is 139 Å². The molecule has 0 bridgehead atoms. The molecule has 1 aromatic carbocycles. The lowest BCUT2D eigenvalue weighted by Crippen LogP contribution is -2.19. The number of amides is 1. The first kappa shape index (κ1) is 16.1. The lowest BCUT2D eigenvalue weighted by molar-refractivity contribution is -0.116. The van der Waals surface area contributed by atoms with E-state index in [4.69, 9.17) is 5.73 Å². The molecule has 112 valence electrons. The molecule has 8 heteroatoms. The minimum Gasteiger partial charge on any atom is -0.330 e. The Bertz CT molecular complexity index is 633. The van der Waals surface area contributed by atoms with Crippen molar-refractivity contribution in [3.63, 3.8) is 0 Å². The average Bonchev–Trinajstić information content (AvgIpc) is 2.81. The summed E-state index contributed by atoms with van der Waals surface area (Å²) >= 11 is 6.89. The lowest BCUT2D eigenvalue weighted by atomic mass is 10.2. The van der Waals surface area contributed by atoms with E-state index in [0.29, 0.717) is 18.7 Å². The third kappa shape index (κ3) is 4.36. The molecule has 1 amide bonds. The Balaban J connectivity index is 2.04. The highest BCUT2D eigenvalue weighted by Gasteiger charge is 2.11.